The number of nitrogens with one attached hydrogen (secondary N) is 2. The summed E-state index contributed by atoms with van der Waals surface area (Å²) in [7, 11) is 0. The zero-order valence-electron chi connectivity index (χ0n) is 14.0. The highest BCUT2D eigenvalue weighted by Crippen LogP contribution is 2.38. The summed E-state index contributed by atoms with van der Waals surface area (Å²) in [5.74, 6) is 0.199. The van der Waals surface area contributed by atoms with E-state index in [4.69, 9.17) is 4.74 Å². The van der Waals surface area contributed by atoms with Gasteiger partial charge in [-0.05, 0) is 43.2 Å². The molecule has 1 saturated carbocycles. The maximum atomic E-state index is 12.4. The lowest BCUT2D eigenvalue weighted by Gasteiger charge is -2.15. The first-order valence-corrected chi connectivity index (χ1v) is 8.92. The second kappa shape index (κ2) is 6.84. The average Bonchev–Trinajstić information content (AvgIpc) is 3.38. The number of carbonyl (C=O) groups excluding carboxylic acids is 1. The molecule has 2 fully saturated rings. The van der Waals surface area contributed by atoms with Crippen LogP contribution in [0.15, 0.2) is 47.3 Å². The molecule has 1 aliphatic carbocycles. The molecule has 1 saturated heterocycles. The number of carbonyl (C=O) groups is 1. The number of aromatic amines is 1. The highest BCUT2D eigenvalue weighted by Gasteiger charge is 2.28. The molecule has 5 heteroatoms. The topological polar surface area (TPSA) is 71.2 Å². The van der Waals surface area contributed by atoms with Crippen molar-refractivity contribution in [3.05, 3.63) is 69.6 Å². The molecule has 2 N–H and O–H groups in total. The summed E-state index contributed by atoms with van der Waals surface area (Å²) in [6, 6.07) is 13.3. The molecular weight excluding hydrogens is 316 g/mol. The summed E-state index contributed by atoms with van der Waals surface area (Å²) in [4.78, 5) is 27.0. The smallest absolute Gasteiger partial charge is 0.251 e. The predicted octanol–water partition coefficient (Wildman–Crippen LogP) is 2.90. The first-order chi connectivity index (χ1) is 12.2. The van der Waals surface area contributed by atoms with E-state index >= 15 is 0 Å². The van der Waals surface area contributed by atoms with E-state index in [1.54, 1.807) is 6.07 Å². The van der Waals surface area contributed by atoms with E-state index in [1.165, 1.54) is 11.6 Å². The Bertz CT molecular complexity index is 811. The third kappa shape index (κ3) is 3.82. The van der Waals surface area contributed by atoms with E-state index < -0.39 is 0 Å². The van der Waals surface area contributed by atoms with E-state index in [1.807, 2.05) is 18.2 Å². The van der Waals surface area contributed by atoms with Crippen molar-refractivity contribution >= 4 is 5.91 Å². The third-order valence-electron chi connectivity index (χ3n) is 4.91. The largest absolute Gasteiger partial charge is 0.368 e. The number of pyridine rings is 1. The van der Waals surface area contributed by atoms with Crippen LogP contribution < -0.4 is 10.9 Å². The van der Waals surface area contributed by atoms with Crippen LogP contribution in [-0.2, 0) is 4.74 Å². The van der Waals surface area contributed by atoms with Crippen LogP contribution in [0.3, 0.4) is 0 Å². The van der Waals surface area contributed by atoms with Gasteiger partial charge in [0.1, 0.15) is 0 Å². The van der Waals surface area contributed by atoms with Crippen LogP contribution in [0.4, 0.5) is 0 Å². The lowest BCUT2D eigenvalue weighted by atomic mass is 10.1. The fourth-order valence-electron chi connectivity index (χ4n) is 3.39. The fourth-order valence-corrected chi connectivity index (χ4v) is 3.39. The second-order valence-electron chi connectivity index (χ2n) is 6.91. The monoisotopic (exact) mass is 338 g/mol. The number of ether oxygens (including phenoxy) is 1. The minimum absolute atomic E-state index is 0.0130. The van der Waals surface area contributed by atoms with Gasteiger partial charge in [0.2, 0.25) is 5.56 Å². The Labute approximate surface area is 146 Å². The Hall–Kier alpha value is -2.40. The molecule has 4 rings (SSSR count). The van der Waals surface area contributed by atoms with Crippen molar-refractivity contribution in [3.8, 4) is 0 Å². The third-order valence-corrected chi connectivity index (χ3v) is 4.91. The van der Waals surface area contributed by atoms with Crippen molar-refractivity contribution in [2.75, 3.05) is 6.54 Å². The van der Waals surface area contributed by atoms with Gasteiger partial charge in [-0.25, -0.2) is 0 Å². The maximum absolute atomic E-state index is 12.4. The van der Waals surface area contributed by atoms with Crippen molar-refractivity contribution in [3.63, 3.8) is 0 Å². The summed E-state index contributed by atoms with van der Waals surface area (Å²) < 4.78 is 6.05. The van der Waals surface area contributed by atoms with E-state index in [-0.39, 0.29) is 23.7 Å². The molecule has 0 radical (unpaired) electrons. The van der Waals surface area contributed by atoms with Crippen molar-refractivity contribution in [1.29, 1.82) is 0 Å². The summed E-state index contributed by atoms with van der Waals surface area (Å²) in [5, 5.41) is 2.91. The van der Waals surface area contributed by atoms with E-state index in [9.17, 15) is 9.59 Å². The van der Waals surface area contributed by atoms with Crippen LogP contribution in [-0.4, -0.2) is 23.5 Å². The van der Waals surface area contributed by atoms with Crippen molar-refractivity contribution < 1.29 is 9.53 Å². The molecule has 0 spiro atoms. The number of H-pyrrole nitrogens is 1. The molecule has 2 heterocycles. The Balaban J connectivity index is 1.34. The molecule has 1 aromatic heterocycles. The molecule has 2 aliphatic rings. The van der Waals surface area contributed by atoms with Gasteiger partial charge in [-0.2, -0.15) is 0 Å². The highest BCUT2D eigenvalue weighted by molar-refractivity contribution is 5.94. The van der Waals surface area contributed by atoms with Gasteiger partial charge in [0.15, 0.2) is 0 Å². The van der Waals surface area contributed by atoms with Gasteiger partial charge in [0, 0.05) is 23.9 Å². The van der Waals surface area contributed by atoms with Gasteiger partial charge in [-0.3, -0.25) is 9.59 Å². The van der Waals surface area contributed by atoms with E-state index in [2.05, 4.69) is 22.4 Å². The molecule has 2 aromatic rings. The van der Waals surface area contributed by atoms with Gasteiger partial charge in [0.05, 0.1) is 12.2 Å². The molecule has 25 heavy (non-hydrogen) atoms. The summed E-state index contributed by atoms with van der Waals surface area (Å²) >= 11 is 0. The van der Waals surface area contributed by atoms with Gasteiger partial charge in [0.25, 0.3) is 5.91 Å². The zero-order valence-corrected chi connectivity index (χ0v) is 14.0. The molecule has 0 bridgehead atoms. The molecule has 130 valence electrons. The normalized spacial score (nSPS) is 22.7. The highest BCUT2D eigenvalue weighted by atomic mass is 16.5. The van der Waals surface area contributed by atoms with Crippen LogP contribution in [0.5, 0.6) is 0 Å². The van der Waals surface area contributed by atoms with Crippen molar-refractivity contribution in [2.24, 2.45) is 0 Å². The van der Waals surface area contributed by atoms with E-state index in [0.717, 1.165) is 31.4 Å². The number of hydrogen-bond acceptors (Lipinski definition) is 3. The van der Waals surface area contributed by atoms with Crippen LogP contribution in [0.2, 0.25) is 0 Å². The fraction of sp³-hybridized carbons (Fsp3) is 0.400. The SMILES string of the molecule is O=C(NCC1CCC(c2ccccc2)O1)c1cc(C2CC2)[nH]c(=O)c1. The number of hydrogen-bond donors (Lipinski definition) is 2. The van der Waals surface area contributed by atoms with Crippen molar-refractivity contribution in [1.82, 2.24) is 10.3 Å². The van der Waals surface area contributed by atoms with Gasteiger partial charge >= 0.3 is 0 Å². The standard InChI is InChI=1S/C20H22N2O3/c23-19-11-15(10-17(22-19)13-6-7-13)20(24)21-12-16-8-9-18(25-16)14-4-2-1-3-5-14/h1-5,10-11,13,16,18H,6-9,12H2,(H,21,24)(H,22,23). The maximum Gasteiger partial charge on any atom is 0.251 e. The van der Waals surface area contributed by atoms with Crippen LogP contribution in [0, 0.1) is 0 Å². The first-order valence-electron chi connectivity index (χ1n) is 8.92. The van der Waals surface area contributed by atoms with Crippen LogP contribution in [0.25, 0.3) is 0 Å². The van der Waals surface area contributed by atoms with Crippen LogP contribution in [0.1, 0.15) is 59.3 Å². The molecule has 2 unspecified atom stereocenters. The lowest BCUT2D eigenvalue weighted by molar-refractivity contribution is 0.0436. The van der Waals surface area contributed by atoms with Gasteiger partial charge in [-0.1, -0.05) is 30.3 Å². The minimum atomic E-state index is -0.212. The molecule has 1 aliphatic heterocycles. The molecule has 1 aromatic carbocycles. The quantitative estimate of drug-likeness (QED) is 0.880. The number of rotatable bonds is 5. The molecule has 5 nitrogen and oxygen atoms in total. The van der Waals surface area contributed by atoms with E-state index in [0.29, 0.717) is 18.0 Å². The Morgan fingerprint density at radius 3 is 2.68 bits per heavy atom. The van der Waals surface area contributed by atoms with Crippen LogP contribution >= 0.6 is 0 Å². The minimum Gasteiger partial charge on any atom is -0.368 e. The average molecular weight is 338 g/mol. The predicted molar refractivity (Wildman–Crippen MR) is 94.7 cm³/mol. The number of benzene rings is 1. The first kappa shape index (κ1) is 16.1. The number of amides is 1. The molecule has 2 atom stereocenters. The number of aromatic nitrogens is 1. The van der Waals surface area contributed by atoms with Crippen molar-refractivity contribution in [2.45, 2.75) is 43.8 Å². The second-order valence-corrected chi connectivity index (χ2v) is 6.91. The van der Waals surface area contributed by atoms with Gasteiger partial charge in [-0.15, -0.1) is 0 Å². The summed E-state index contributed by atoms with van der Waals surface area (Å²) in [6.45, 7) is 0.466. The lowest BCUT2D eigenvalue weighted by Crippen LogP contribution is -2.32. The molecule has 1 amide bonds. The Kier molecular flexibility index (Phi) is 4.40. The van der Waals surface area contributed by atoms with Gasteiger partial charge < -0.3 is 15.0 Å². The molecular formula is C20H22N2O3. The Morgan fingerprint density at radius 1 is 1.12 bits per heavy atom. The zero-order chi connectivity index (χ0) is 17.2. The Morgan fingerprint density at radius 2 is 1.92 bits per heavy atom. The summed E-state index contributed by atoms with van der Waals surface area (Å²) in [6.07, 6.45) is 4.16. The summed E-state index contributed by atoms with van der Waals surface area (Å²) in [5.41, 5.74) is 2.28.